The van der Waals surface area contributed by atoms with Crippen molar-refractivity contribution in [3.8, 4) is 0 Å². The van der Waals surface area contributed by atoms with Gasteiger partial charge in [0.25, 0.3) is 10.0 Å². The Balaban J connectivity index is 1.78. The lowest BCUT2D eigenvalue weighted by Gasteiger charge is -2.40. The fourth-order valence-corrected chi connectivity index (χ4v) is 6.94. The highest BCUT2D eigenvalue weighted by molar-refractivity contribution is 7.91. The van der Waals surface area contributed by atoms with Crippen LogP contribution in [-0.4, -0.2) is 64.1 Å². The first-order chi connectivity index (χ1) is 10.8. The molecule has 1 saturated carbocycles. The molecule has 0 N–H and O–H groups in total. The van der Waals surface area contributed by atoms with Gasteiger partial charge in [0.05, 0.1) is 6.10 Å². The molecule has 0 amide bonds. The summed E-state index contributed by atoms with van der Waals surface area (Å²) in [5, 5.41) is 1.90. The summed E-state index contributed by atoms with van der Waals surface area (Å²) in [6, 6.07) is 2.15. The van der Waals surface area contributed by atoms with E-state index in [1.54, 1.807) is 17.5 Å². The van der Waals surface area contributed by atoms with E-state index in [2.05, 4.69) is 19.0 Å². The van der Waals surface area contributed by atoms with Crippen molar-refractivity contribution in [1.29, 1.82) is 0 Å². The fraction of sp³-hybridized carbons (Fsp3) is 0.750. The van der Waals surface area contributed by atoms with Gasteiger partial charge in [-0.15, -0.1) is 11.3 Å². The lowest BCUT2D eigenvalue weighted by Crippen LogP contribution is -2.47. The van der Waals surface area contributed by atoms with E-state index in [9.17, 15) is 8.42 Å². The van der Waals surface area contributed by atoms with Crippen LogP contribution in [0.3, 0.4) is 0 Å². The van der Waals surface area contributed by atoms with E-state index in [1.807, 2.05) is 12.3 Å². The molecule has 5 nitrogen and oxygen atoms in total. The monoisotopic (exact) mass is 358 g/mol. The molecule has 0 radical (unpaired) electrons. The van der Waals surface area contributed by atoms with E-state index in [0.29, 0.717) is 35.2 Å². The first kappa shape index (κ1) is 17.4. The minimum Gasteiger partial charge on any atom is -0.380 e. The topological polar surface area (TPSA) is 49.9 Å². The minimum absolute atomic E-state index is 0.192. The lowest BCUT2D eigenvalue weighted by atomic mass is 9.77. The third-order valence-corrected chi connectivity index (χ3v) is 8.68. The van der Waals surface area contributed by atoms with Gasteiger partial charge in [-0.1, -0.05) is 0 Å². The number of sulfonamides is 1. The summed E-state index contributed by atoms with van der Waals surface area (Å²) in [4.78, 5) is 2.21. The second-order valence-corrected chi connectivity index (χ2v) is 10.1. The molecule has 0 unspecified atom stereocenters. The number of nitrogens with zero attached hydrogens (tertiary/aromatic N) is 2. The maximum absolute atomic E-state index is 12.9. The van der Waals surface area contributed by atoms with Crippen molar-refractivity contribution in [3.63, 3.8) is 0 Å². The van der Waals surface area contributed by atoms with Gasteiger partial charge in [0.1, 0.15) is 4.21 Å². The Kier molecular flexibility index (Phi) is 4.86. The third kappa shape index (κ3) is 3.22. The molecule has 0 bridgehead atoms. The Morgan fingerprint density at radius 3 is 2.43 bits per heavy atom. The number of methoxy groups -OCH3 is 1. The zero-order chi connectivity index (χ0) is 16.8. The number of thiophene rings is 1. The van der Waals surface area contributed by atoms with Gasteiger partial charge in [-0.2, -0.15) is 4.31 Å². The van der Waals surface area contributed by atoms with Gasteiger partial charge in [-0.05, 0) is 62.7 Å². The Labute approximate surface area is 143 Å². The third-order valence-electron chi connectivity index (χ3n) is 5.32. The number of hydrogen-bond acceptors (Lipinski definition) is 5. The zero-order valence-electron chi connectivity index (χ0n) is 14.2. The molecule has 1 aromatic rings. The van der Waals surface area contributed by atoms with Crippen molar-refractivity contribution in [1.82, 2.24) is 9.21 Å². The zero-order valence-corrected chi connectivity index (χ0v) is 15.9. The smallest absolute Gasteiger partial charge is 0.252 e. The Hall–Kier alpha value is -0.470. The van der Waals surface area contributed by atoms with Crippen molar-refractivity contribution in [2.24, 2.45) is 11.8 Å². The van der Waals surface area contributed by atoms with E-state index in [4.69, 9.17) is 4.74 Å². The molecule has 4 atom stereocenters. The fourth-order valence-electron chi connectivity index (χ4n) is 4.01. The van der Waals surface area contributed by atoms with Gasteiger partial charge < -0.3 is 9.64 Å². The van der Waals surface area contributed by atoms with E-state index < -0.39 is 10.0 Å². The summed E-state index contributed by atoms with van der Waals surface area (Å²) in [6.45, 7) is 3.21. The van der Waals surface area contributed by atoms with Crippen molar-refractivity contribution < 1.29 is 13.2 Å². The predicted molar refractivity (Wildman–Crippen MR) is 92.3 cm³/mol. The number of ether oxygens (including phenoxy) is 1. The van der Waals surface area contributed by atoms with Crippen LogP contribution in [0.2, 0.25) is 0 Å². The molecular formula is C16H26N2O3S2. The van der Waals surface area contributed by atoms with Crippen LogP contribution in [0.1, 0.15) is 18.4 Å². The van der Waals surface area contributed by atoms with Crippen molar-refractivity contribution >= 4 is 21.4 Å². The van der Waals surface area contributed by atoms with Gasteiger partial charge in [0.2, 0.25) is 0 Å². The number of fused-ring (bicyclic) bond motifs is 1. The standard InChI is InChI=1S/C16H26N2O3S2/c1-11-5-16(22-10-11)23(19,20)18-8-12-6-14(17(2)3)15(21-4)7-13(12)9-18/h5,10,12-15H,6-9H2,1-4H3/t12-,13+,14-,15-/m1/s1. The minimum atomic E-state index is -3.34. The average Bonchev–Trinajstić information content (AvgIpc) is 3.11. The molecular weight excluding hydrogens is 332 g/mol. The molecule has 0 aromatic carbocycles. The Morgan fingerprint density at radius 1 is 1.26 bits per heavy atom. The first-order valence-corrected chi connectivity index (χ1v) is 10.4. The number of hydrogen-bond donors (Lipinski definition) is 0. The van der Waals surface area contributed by atoms with Crippen LogP contribution < -0.4 is 0 Å². The van der Waals surface area contributed by atoms with Crippen LogP contribution >= 0.6 is 11.3 Å². The summed E-state index contributed by atoms with van der Waals surface area (Å²) >= 11 is 1.32. The summed E-state index contributed by atoms with van der Waals surface area (Å²) in [5.74, 6) is 0.844. The quantitative estimate of drug-likeness (QED) is 0.826. The van der Waals surface area contributed by atoms with Crippen molar-refractivity contribution in [2.45, 2.75) is 36.1 Å². The predicted octanol–water partition coefficient (Wildman–Crippen LogP) is 2.03. The Morgan fingerprint density at radius 2 is 1.91 bits per heavy atom. The van der Waals surface area contributed by atoms with E-state index in [1.165, 1.54) is 11.3 Å². The van der Waals surface area contributed by atoms with Crippen molar-refractivity contribution in [3.05, 3.63) is 17.0 Å². The van der Waals surface area contributed by atoms with E-state index >= 15 is 0 Å². The second-order valence-electron chi connectivity index (χ2n) is 7.06. The molecule has 23 heavy (non-hydrogen) atoms. The molecule has 0 spiro atoms. The molecule has 7 heteroatoms. The molecule has 2 heterocycles. The van der Waals surface area contributed by atoms with Gasteiger partial charge in [0.15, 0.2) is 0 Å². The summed E-state index contributed by atoms with van der Waals surface area (Å²) in [7, 11) is 2.58. The lowest BCUT2D eigenvalue weighted by molar-refractivity contribution is -0.0209. The highest BCUT2D eigenvalue weighted by Crippen LogP contribution is 2.41. The second kappa shape index (κ2) is 6.44. The molecule has 2 aliphatic rings. The molecule has 1 aliphatic carbocycles. The molecule has 1 aliphatic heterocycles. The van der Waals surface area contributed by atoms with Gasteiger partial charge >= 0.3 is 0 Å². The summed E-state index contributed by atoms with van der Waals surface area (Å²) < 4.78 is 33.5. The molecule has 130 valence electrons. The van der Waals surface area contributed by atoms with Gasteiger partial charge in [-0.3, -0.25) is 0 Å². The SMILES string of the molecule is CO[C@@H]1C[C@H]2CN(S(=O)(=O)c3cc(C)cs3)C[C@H]2C[C@H]1N(C)C. The summed E-state index contributed by atoms with van der Waals surface area (Å²) in [5.41, 5.74) is 1.01. The van der Waals surface area contributed by atoms with Gasteiger partial charge in [0, 0.05) is 26.2 Å². The number of aryl methyl sites for hydroxylation is 1. The highest BCUT2D eigenvalue weighted by Gasteiger charge is 2.46. The van der Waals surface area contributed by atoms with Crippen LogP contribution in [0.4, 0.5) is 0 Å². The maximum Gasteiger partial charge on any atom is 0.252 e. The van der Waals surface area contributed by atoms with Crippen molar-refractivity contribution in [2.75, 3.05) is 34.3 Å². The molecule has 1 aromatic heterocycles. The Bertz CT molecular complexity index is 656. The number of likely N-dealkylation sites (N-methyl/N-ethyl adjacent to an activating group) is 1. The molecule has 3 rings (SSSR count). The van der Waals surface area contributed by atoms with E-state index in [-0.39, 0.29) is 6.10 Å². The number of rotatable bonds is 4. The van der Waals surface area contributed by atoms with E-state index in [0.717, 1.165) is 18.4 Å². The summed E-state index contributed by atoms with van der Waals surface area (Å²) in [6.07, 6.45) is 2.14. The highest BCUT2D eigenvalue weighted by atomic mass is 32.2. The maximum atomic E-state index is 12.9. The van der Waals surface area contributed by atoms with Crippen LogP contribution in [0.5, 0.6) is 0 Å². The van der Waals surface area contributed by atoms with Crippen LogP contribution in [0, 0.1) is 18.8 Å². The normalized spacial score (nSPS) is 32.4. The van der Waals surface area contributed by atoms with Crippen LogP contribution in [0.25, 0.3) is 0 Å². The first-order valence-electron chi connectivity index (χ1n) is 8.07. The van der Waals surface area contributed by atoms with Crippen LogP contribution in [0.15, 0.2) is 15.7 Å². The molecule has 1 saturated heterocycles. The molecule has 2 fully saturated rings. The van der Waals surface area contributed by atoms with Crippen LogP contribution in [-0.2, 0) is 14.8 Å². The average molecular weight is 359 g/mol. The van der Waals surface area contributed by atoms with Gasteiger partial charge in [-0.25, -0.2) is 8.42 Å². The largest absolute Gasteiger partial charge is 0.380 e.